The molecule has 0 saturated carbocycles. The first-order valence-electron chi connectivity index (χ1n) is 7.63. The highest BCUT2D eigenvalue weighted by Crippen LogP contribution is 2.25. The molecule has 4 N–H and O–H groups in total. The fraction of sp³-hybridized carbons (Fsp3) is 0.0556. The molecule has 132 valence electrons. The van der Waals surface area contributed by atoms with Gasteiger partial charge in [0.2, 0.25) is 5.91 Å². The molecule has 0 spiro atoms. The molecule has 0 unspecified atom stereocenters. The van der Waals surface area contributed by atoms with E-state index in [2.05, 4.69) is 15.3 Å². The molecule has 0 aliphatic rings. The molecule has 8 heteroatoms. The quantitative estimate of drug-likeness (QED) is 0.581. The van der Waals surface area contributed by atoms with Gasteiger partial charge in [0, 0.05) is 28.8 Å². The van der Waals surface area contributed by atoms with Crippen molar-refractivity contribution < 1.29 is 14.3 Å². The summed E-state index contributed by atoms with van der Waals surface area (Å²) in [4.78, 5) is 30.3. The summed E-state index contributed by atoms with van der Waals surface area (Å²) < 4.78 is 5.24. The molecule has 2 heterocycles. The van der Waals surface area contributed by atoms with Crippen LogP contribution in [0.4, 0.5) is 5.13 Å². The second-order valence-electron chi connectivity index (χ2n) is 5.27. The predicted octanol–water partition coefficient (Wildman–Crippen LogP) is 2.90. The summed E-state index contributed by atoms with van der Waals surface area (Å²) in [6.45, 7) is 0. The normalized spacial score (nSPS) is 10.8. The summed E-state index contributed by atoms with van der Waals surface area (Å²) >= 11 is 1.29. The van der Waals surface area contributed by atoms with Crippen LogP contribution in [0.1, 0.15) is 16.1 Å². The number of methoxy groups -OCH3 is 1. The van der Waals surface area contributed by atoms with E-state index in [1.807, 2.05) is 24.3 Å². The molecule has 0 fully saturated rings. The maximum Gasteiger partial charge on any atom is 0.265 e. The second-order valence-corrected chi connectivity index (χ2v) is 6.13. The Labute approximate surface area is 153 Å². The van der Waals surface area contributed by atoms with Gasteiger partial charge in [-0.15, -0.1) is 11.3 Å². The van der Waals surface area contributed by atoms with Crippen LogP contribution in [0.15, 0.2) is 48.0 Å². The molecule has 0 saturated heterocycles. The molecule has 0 aliphatic carbocycles. The largest absolute Gasteiger partial charge is 0.496 e. The Bertz CT molecular complexity index is 974. The second kappa shape index (κ2) is 7.66. The lowest BCUT2D eigenvalue weighted by molar-refractivity contribution is -0.111. The van der Waals surface area contributed by atoms with Gasteiger partial charge in [-0.1, -0.05) is 18.2 Å². The molecular formula is C18H16N4O3S. The number of aromatic amines is 1. The zero-order chi connectivity index (χ0) is 18.5. The Morgan fingerprint density at radius 2 is 2.15 bits per heavy atom. The van der Waals surface area contributed by atoms with Crippen LogP contribution in [0.25, 0.3) is 17.3 Å². The van der Waals surface area contributed by atoms with Gasteiger partial charge in [-0.2, -0.15) is 0 Å². The average Bonchev–Trinajstić information content (AvgIpc) is 3.29. The number of H-pyrrole nitrogens is 1. The fourth-order valence-corrected chi connectivity index (χ4v) is 2.99. The molecule has 1 aromatic carbocycles. The zero-order valence-corrected chi connectivity index (χ0v) is 14.7. The molecular weight excluding hydrogens is 352 g/mol. The molecule has 7 nitrogen and oxygen atoms in total. The van der Waals surface area contributed by atoms with E-state index in [0.29, 0.717) is 22.3 Å². The van der Waals surface area contributed by atoms with Crippen molar-refractivity contribution in [2.45, 2.75) is 0 Å². The number of rotatable bonds is 6. The lowest BCUT2D eigenvalue weighted by Crippen LogP contribution is -2.10. The molecule has 2 aromatic heterocycles. The molecule has 3 rings (SSSR count). The minimum atomic E-state index is -0.540. The summed E-state index contributed by atoms with van der Waals surface area (Å²) in [5, 5.41) is 4.95. The number of anilines is 1. The molecule has 0 radical (unpaired) electrons. The van der Waals surface area contributed by atoms with Crippen LogP contribution in [0.3, 0.4) is 0 Å². The Hall–Kier alpha value is -3.39. The van der Waals surface area contributed by atoms with E-state index in [9.17, 15) is 9.59 Å². The van der Waals surface area contributed by atoms with Crippen molar-refractivity contribution in [3.05, 3.63) is 59.2 Å². The molecule has 0 aliphatic heterocycles. The molecule has 26 heavy (non-hydrogen) atoms. The summed E-state index contributed by atoms with van der Waals surface area (Å²) in [7, 11) is 1.58. The van der Waals surface area contributed by atoms with Crippen LogP contribution in [0, 0.1) is 0 Å². The summed E-state index contributed by atoms with van der Waals surface area (Å²) in [6, 6.07) is 9.02. The molecule has 0 atom stereocenters. The highest BCUT2D eigenvalue weighted by molar-refractivity contribution is 7.14. The third-order valence-corrected chi connectivity index (χ3v) is 4.29. The number of nitrogens with zero attached hydrogens (tertiary/aromatic N) is 1. The van der Waals surface area contributed by atoms with Crippen molar-refractivity contribution in [1.82, 2.24) is 9.97 Å². The minimum Gasteiger partial charge on any atom is -0.496 e. The Morgan fingerprint density at radius 3 is 2.88 bits per heavy atom. The Morgan fingerprint density at radius 1 is 1.35 bits per heavy atom. The van der Waals surface area contributed by atoms with E-state index in [1.54, 1.807) is 30.8 Å². The summed E-state index contributed by atoms with van der Waals surface area (Å²) in [5.41, 5.74) is 7.69. The maximum absolute atomic E-state index is 12.1. The van der Waals surface area contributed by atoms with Crippen LogP contribution in [-0.4, -0.2) is 28.9 Å². The van der Waals surface area contributed by atoms with Crippen molar-refractivity contribution >= 4 is 34.4 Å². The van der Waals surface area contributed by atoms with Gasteiger partial charge in [0.25, 0.3) is 5.91 Å². The van der Waals surface area contributed by atoms with Crippen LogP contribution >= 0.6 is 11.3 Å². The first kappa shape index (κ1) is 17.4. The number of para-hydroxylation sites is 1. The molecule has 0 bridgehead atoms. The average molecular weight is 368 g/mol. The van der Waals surface area contributed by atoms with E-state index in [1.165, 1.54) is 17.4 Å². The number of carbonyl (C=O) groups excluding carboxylic acids is 2. The van der Waals surface area contributed by atoms with E-state index >= 15 is 0 Å². The number of primary amides is 1. The van der Waals surface area contributed by atoms with E-state index < -0.39 is 5.91 Å². The van der Waals surface area contributed by atoms with Crippen LogP contribution < -0.4 is 15.8 Å². The third-order valence-electron chi connectivity index (χ3n) is 3.53. The standard InChI is InChI=1S/C18H16N4O3S/c1-25-15-5-3-2-4-11(15)6-7-16(23)22-18-21-14(10-26-18)12-8-13(17(19)24)20-9-12/h2-10,20H,1H3,(H2,19,24)(H,21,22,23)/b7-6+. The van der Waals surface area contributed by atoms with Gasteiger partial charge in [-0.3, -0.25) is 14.9 Å². The fourth-order valence-electron chi connectivity index (χ4n) is 2.26. The van der Waals surface area contributed by atoms with Crippen molar-refractivity contribution in [3.63, 3.8) is 0 Å². The highest BCUT2D eigenvalue weighted by atomic mass is 32.1. The number of nitrogens with two attached hydrogens (primary N) is 1. The first-order valence-corrected chi connectivity index (χ1v) is 8.51. The van der Waals surface area contributed by atoms with Gasteiger partial charge in [0.1, 0.15) is 11.4 Å². The third kappa shape index (κ3) is 3.98. The lowest BCUT2D eigenvalue weighted by Gasteiger charge is -2.03. The van der Waals surface area contributed by atoms with Crippen LogP contribution in [0.5, 0.6) is 5.75 Å². The topological polar surface area (TPSA) is 110 Å². The number of aromatic nitrogens is 2. The van der Waals surface area contributed by atoms with Gasteiger partial charge in [0.15, 0.2) is 5.13 Å². The van der Waals surface area contributed by atoms with Crippen molar-refractivity contribution in [1.29, 1.82) is 0 Å². The minimum absolute atomic E-state index is 0.302. The van der Waals surface area contributed by atoms with E-state index in [-0.39, 0.29) is 5.91 Å². The molecule has 2 amide bonds. The first-order chi connectivity index (χ1) is 12.6. The van der Waals surface area contributed by atoms with Gasteiger partial charge in [-0.25, -0.2) is 4.98 Å². The maximum atomic E-state index is 12.1. The number of thiazole rings is 1. The number of amides is 2. The Kier molecular flexibility index (Phi) is 5.14. The van der Waals surface area contributed by atoms with Gasteiger partial charge in [0.05, 0.1) is 12.8 Å². The number of hydrogen-bond acceptors (Lipinski definition) is 5. The number of carbonyl (C=O) groups is 2. The number of hydrogen-bond donors (Lipinski definition) is 3. The van der Waals surface area contributed by atoms with E-state index in [0.717, 1.165) is 11.1 Å². The van der Waals surface area contributed by atoms with Crippen molar-refractivity contribution in [3.8, 4) is 17.0 Å². The number of ether oxygens (including phenoxy) is 1. The van der Waals surface area contributed by atoms with E-state index in [4.69, 9.17) is 10.5 Å². The van der Waals surface area contributed by atoms with Gasteiger partial charge >= 0.3 is 0 Å². The Balaban J connectivity index is 1.67. The summed E-state index contributed by atoms with van der Waals surface area (Å²) in [6.07, 6.45) is 4.73. The van der Waals surface area contributed by atoms with Crippen molar-refractivity contribution in [2.24, 2.45) is 5.73 Å². The lowest BCUT2D eigenvalue weighted by atomic mass is 10.2. The van der Waals surface area contributed by atoms with Gasteiger partial charge in [-0.05, 0) is 18.2 Å². The SMILES string of the molecule is COc1ccccc1/C=C/C(=O)Nc1nc(-c2c[nH]c(C(N)=O)c2)cs1. The smallest absolute Gasteiger partial charge is 0.265 e. The predicted molar refractivity (Wildman–Crippen MR) is 101 cm³/mol. The van der Waals surface area contributed by atoms with Crippen LogP contribution in [0.2, 0.25) is 0 Å². The highest BCUT2D eigenvalue weighted by Gasteiger charge is 2.10. The summed E-state index contributed by atoms with van der Waals surface area (Å²) in [5.74, 6) is -0.156. The van der Waals surface area contributed by atoms with Gasteiger partial charge < -0.3 is 15.5 Å². The van der Waals surface area contributed by atoms with Crippen molar-refractivity contribution in [2.75, 3.05) is 12.4 Å². The molecule has 3 aromatic rings. The van der Waals surface area contributed by atoms with Crippen LogP contribution in [-0.2, 0) is 4.79 Å². The number of nitrogens with one attached hydrogen (secondary N) is 2. The monoisotopic (exact) mass is 368 g/mol. The number of benzene rings is 1. The zero-order valence-electron chi connectivity index (χ0n) is 13.9.